The molecule has 3 aromatic carbocycles. The summed E-state index contributed by atoms with van der Waals surface area (Å²) in [5, 5.41) is 3.73. The van der Waals surface area contributed by atoms with Gasteiger partial charge in [0.2, 0.25) is 5.91 Å². The van der Waals surface area contributed by atoms with Crippen molar-refractivity contribution in [3.05, 3.63) is 125 Å². The average Bonchev–Trinajstić information content (AvgIpc) is 3.37. The molecule has 0 fully saturated rings. The van der Waals surface area contributed by atoms with Crippen molar-refractivity contribution in [3.8, 4) is 11.1 Å². The van der Waals surface area contributed by atoms with Gasteiger partial charge in [-0.2, -0.15) is 0 Å². The zero-order valence-corrected chi connectivity index (χ0v) is 24.0. The van der Waals surface area contributed by atoms with Crippen LogP contribution < -0.4 is 11.1 Å². The highest BCUT2D eigenvalue weighted by molar-refractivity contribution is 6.07. The highest BCUT2D eigenvalue weighted by Gasteiger charge is 2.28. The third-order valence-electron chi connectivity index (χ3n) is 7.54. The lowest BCUT2D eigenvalue weighted by molar-refractivity contribution is -0.125. The Kier molecular flexibility index (Phi) is 8.61. The fourth-order valence-electron chi connectivity index (χ4n) is 5.52. The summed E-state index contributed by atoms with van der Waals surface area (Å²) in [5.41, 5.74) is 7.68. The minimum atomic E-state index is -0.954. The first kappa shape index (κ1) is 30.2. The second-order valence-corrected chi connectivity index (χ2v) is 10.5. The topological polar surface area (TPSA) is 107 Å². The molecular formula is C34H29F3N4O3. The fourth-order valence-corrected chi connectivity index (χ4v) is 5.52. The van der Waals surface area contributed by atoms with Gasteiger partial charge in [0.25, 0.3) is 5.91 Å². The number of rotatable bonds is 10. The zero-order chi connectivity index (χ0) is 31.5. The largest absolute Gasteiger partial charge is 0.366 e. The smallest absolute Gasteiger partial charge is 0.251 e. The molecule has 5 rings (SSSR count). The molecule has 3 N–H and O–H groups in total. The van der Waals surface area contributed by atoms with Gasteiger partial charge in [-0.3, -0.25) is 19.4 Å². The van der Waals surface area contributed by atoms with Gasteiger partial charge >= 0.3 is 0 Å². The fraction of sp³-hybridized carbons (Fsp3) is 0.176. The number of pyridine rings is 1. The van der Waals surface area contributed by atoms with Gasteiger partial charge in [0, 0.05) is 40.5 Å². The standard InChI is InChI=1S/C34H29F3N4O3/c1-3-30(41-18-27(19(2)42)25-7-4-5-9-31(25)41)34(44)40-29(15-20-13-22(35)17-23(36)14-20)32-24(8-6-12-39-32)21-10-11-28(37)26(16-21)33(38)43/h4-14,16-18,29-30H,3,15H2,1-2H3,(H2,38,43)(H,40,44)/t29-,30?/m0/s1. The molecule has 0 aliphatic carbocycles. The summed E-state index contributed by atoms with van der Waals surface area (Å²) in [6, 6.07) is 15.9. The van der Waals surface area contributed by atoms with E-state index in [4.69, 9.17) is 5.73 Å². The second kappa shape index (κ2) is 12.5. The summed E-state index contributed by atoms with van der Waals surface area (Å²) in [4.78, 5) is 42.8. The van der Waals surface area contributed by atoms with Gasteiger partial charge in [-0.1, -0.05) is 37.3 Å². The number of carbonyl (C=O) groups excluding carboxylic acids is 3. The van der Waals surface area contributed by atoms with E-state index in [0.29, 0.717) is 39.7 Å². The molecule has 0 spiro atoms. The van der Waals surface area contributed by atoms with E-state index in [1.165, 1.54) is 37.4 Å². The minimum absolute atomic E-state index is 0.0458. The third-order valence-corrected chi connectivity index (χ3v) is 7.54. The van der Waals surface area contributed by atoms with Crippen molar-refractivity contribution in [1.29, 1.82) is 0 Å². The Bertz CT molecular complexity index is 1880. The van der Waals surface area contributed by atoms with Gasteiger partial charge in [-0.25, -0.2) is 13.2 Å². The molecule has 7 nitrogen and oxygen atoms in total. The first-order chi connectivity index (χ1) is 21.1. The van der Waals surface area contributed by atoms with Gasteiger partial charge in [-0.05, 0) is 67.3 Å². The number of hydrogen-bond donors (Lipinski definition) is 2. The Labute approximate surface area is 251 Å². The summed E-state index contributed by atoms with van der Waals surface area (Å²) in [5.74, 6) is -3.87. The van der Waals surface area contributed by atoms with Crippen molar-refractivity contribution < 1.29 is 27.6 Å². The van der Waals surface area contributed by atoms with Crippen LogP contribution in [0.15, 0.2) is 85.2 Å². The van der Waals surface area contributed by atoms with Crippen LogP contribution in [0.25, 0.3) is 22.0 Å². The summed E-state index contributed by atoms with van der Waals surface area (Å²) >= 11 is 0. The van der Waals surface area contributed by atoms with Crippen molar-refractivity contribution in [1.82, 2.24) is 14.9 Å². The summed E-state index contributed by atoms with van der Waals surface area (Å²) in [6.07, 6.45) is 3.47. The molecule has 0 aliphatic heterocycles. The zero-order valence-electron chi connectivity index (χ0n) is 24.0. The van der Waals surface area contributed by atoms with Gasteiger partial charge < -0.3 is 15.6 Å². The normalized spacial score (nSPS) is 12.6. The van der Waals surface area contributed by atoms with E-state index in [0.717, 1.165) is 12.1 Å². The van der Waals surface area contributed by atoms with E-state index in [9.17, 15) is 27.6 Å². The summed E-state index contributed by atoms with van der Waals surface area (Å²) in [6.45, 7) is 3.29. The van der Waals surface area contributed by atoms with E-state index in [2.05, 4.69) is 10.3 Å². The number of para-hydroxylation sites is 1. The summed E-state index contributed by atoms with van der Waals surface area (Å²) < 4.78 is 44.5. The Morgan fingerprint density at radius 2 is 1.66 bits per heavy atom. The van der Waals surface area contributed by atoms with E-state index in [1.807, 2.05) is 31.2 Å². The van der Waals surface area contributed by atoms with E-state index in [-0.39, 0.29) is 23.3 Å². The number of Topliss-reactive ketones (excluding diaryl/α,β-unsaturated/α-hetero) is 1. The second-order valence-electron chi connectivity index (χ2n) is 10.5. The van der Waals surface area contributed by atoms with Crippen LogP contribution in [0, 0.1) is 17.5 Å². The van der Waals surface area contributed by atoms with Crippen molar-refractivity contribution in [3.63, 3.8) is 0 Å². The molecule has 44 heavy (non-hydrogen) atoms. The lowest BCUT2D eigenvalue weighted by atomic mass is 9.94. The lowest BCUT2D eigenvalue weighted by Crippen LogP contribution is -2.36. The Morgan fingerprint density at radius 1 is 0.932 bits per heavy atom. The van der Waals surface area contributed by atoms with Gasteiger partial charge in [-0.15, -0.1) is 0 Å². The molecule has 2 atom stereocenters. The number of nitrogens with one attached hydrogen (secondary N) is 1. The van der Waals surface area contributed by atoms with Gasteiger partial charge in [0.05, 0.1) is 17.3 Å². The number of primary amides is 1. The van der Waals surface area contributed by atoms with Crippen LogP contribution in [0.1, 0.15) is 64.3 Å². The maximum atomic E-state index is 14.3. The van der Waals surface area contributed by atoms with Crippen molar-refractivity contribution in [2.45, 2.75) is 38.8 Å². The highest BCUT2D eigenvalue weighted by Crippen LogP contribution is 2.32. The Morgan fingerprint density at radius 3 is 2.34 bits per heavy atom. The molecule has 0 radical (unpaired) electrons. The molecule has 0 saturated carbocycles. The third kappa shape index (κ3) is 6.10. The minimum Gasteiger partial charge on any atom is -0.366 e. The van der Waals surface area contributed by atoms with E-state index in [1.54, 1.807) is 22.9 Å². The molecule has 0 bridgehead atoms. The Balaban J connectivity index is 1.60. The first-order valence-corrected chi connectivity index (χ1v) is 14.0. The maximum absolute atomic E-state index is 14.3. The number of nitrogens with two attached hydrogens (primary N) is 1. The monoisotopic (exact) mass is 598 g/mol. The molecule has 2 aromatic heterocycles. The van der Waals surface area contributed by atoms with E-state index >= 15 is 0 Å². The van der Waals surface area contributed by atoms with Crippen LogP contribution in [0.2, 0.25) is 0 Å². The molecule has 5 aromatic rings. The predicted octanol–water partition coefficient (Wildman–Crippen LogP) is 6.47. The molecule has 224 valence electrons. The highest BCUT2D eigenvalue weighted by atomic mass is 19.1. The Hall–Kier alpha value is -5.25. The number of aromatic nitrogens is 2. The van der Waals surface area contributed by atoms with Crippen LogP contribution >= 0.6 is 0 Å². The number of amides is 2. The predicted molar refractivity (Wildman–Crippen MR) is 160 cm³/mol. The van der Waals surface area contributed by atoms with Gasteiger partial charge in [0.15, 0.2) is 5.78 Å². The lowest BCUT2D eigenvalue weighted by Gasteiger charge is -2.25. The van der Waals surface area contributed by atoms with Crippen LogP contribution in [0.3, 0.4) is 0 Å². The molecule has 1 unspecified atom stereocenters. The maximum Gasteiger partial charge on any atom is 0.251 e. The molecule has 10 heteroatoms. The SMILES string of the molecule is CCC(C(=O)N[C@@H](Cc1cc(F)cc(F)c1)c1ncccc1-c1ccc(F)c(C(N)=O)c1)n1cc(C(C)=O)c2ccccc21. The summed E-state index contributed by atoms with van der Waals surface area (Å²) in [7, 11) is 0. The van der Waals surface area contributed by atoms with Crippen molar-refractivity contribution >= 4 is 28.5 Å². The molecule has 2 heterocycles. The van der Waals surface area contributed by atoms with Crippen molar-refractivity contribution in [2.75, 3.05) is 0 Å². The number of halogens is 3. The number of carbonyl (C=O) groups is 3. The number of benzene rings is 3. The number of fused-ring (bicyclic) bond motifs is 1. The average molecular weight is 599 g/mol. The van der Waals surface area contributed by atoms with Crippen LogP contribution in [-0.2, 0) is 11.2 Å². The number of nitrogens with zero attached hydrogens (tertiary/aromatic N) is 2. The number of ketones is 1. The molecule has 0 saturated heterocycles. The van der Waals surface area contributed by atoms with Gasteiger partial charge in [0.1, 0.15) is 23.5 Å². The van der Waals surface area contributed by atoms with E-state index < -0.39 is 41.3 Å². The molecule has 2 amide bonds. The molecular weight excluding hydrogens is 569 g/mol. The van der Waals surface area contributed by atoms with Crippen LogP contribution in [0.4, 0.5) is 13.2 Å². The number of hydrogen-bond acceptors (Lipinski definition) is 4. The van der Waals surface area contributed by atoms with Crippen LogP contribution in [-0.4, -0.2) is 27.1 Å². The molecule has 0 aliphatic rings. The van der Waals surface area contributed by atoms with Crippen molar-refractivity contribution in [2.24, 2.45) is 5.73 Å². The first-order valence-electron chi connectivity index (χ1n) is 14.0. The quantitative estimate of drug-likeness (QED) is 0.180. The van der Waals surface area contributed by atoms with Crippen LogP contribution in [0.5, 0.6) is 0 Å².